The zero-order valence-corrected chi connectivity index (χ0v) is 16.0. The van der Waals surface area contributed by atoms with E-state index < -0.39 is 6.09 Å². The Morgan fingerprint density at radius 1 is 1.45 bits per heavy atom. The van der Waals surface area contributed by atoms with Crippen molar-refractivity contribution in [2.75, 3.05) is 6.54 Å². The molecule has 1 aromatic rings. The molecule has 0 radical (unpaired) electrons. The molecule has 3 unspecified atom stereocenters. The van der Waals surface area contributed by atoms with E-state index in [2.05, 4.69) is 30.7 Å². The van der Waals surface area contributed by atoms with E-state index in [0.717, 1.165) is 4.48 Å². The summed E-state index contributed by atoms with van der Waals surface area (Å²) in [6, 6.07) is 1.79. The second-order valence-electron chi connectivity index (χ2n) is 6.80. The third-order valence-electron chi connectivity index (χ3n) is 3.92. The molecule has 1 amide bonds. The number of carbonyl (C=O) groups is 1. The Balaban J connectivity index is 2.12. The zero-order valence-electron chi connectivity index (χ0n) is 13.5. The van der Waals surface area contributed by atoms with Gasteiger partial charge in [0.25, 0.3) is 0 Å². The summed E-state index contributed by atoms with van der Waals surface area (Å²) in [7, 11) is 0. The molecule has 0 spiro atoms. The molecule has 1 aliphatic heterocycles. The molecule has 2 rings (SSSR count). The normalized spacial score (nSPS) is 22.5. The Morgan fingerprint density at radius 3 is 2.68 bits per heavy atom. The summed E-state index contributed by atoms with van der Waals surface area (Å²) in [6.45, 7) is 8.54. The molecule has 0 aliphatic carbocycles. The maximum absolute atomic E-state index is 11.4. The summed E-state index contributed by atoms with van der Waals surface area (Å²) in [5.74, 6) is 1.29. The molecule has 3 atom stereocenters. The minimum atomic E-state index is -0.852. The van der Waals surface area contributed by atoms with Gasteiger partial charge in [-0.25, -0.2) is 0 Å². The number of amides is 1. The SMILES string of the molecule is Cc1nc([AsH2])cc(OC2CCN(C(=O)O)C(C(C)(C)C)C2)n1. The third kappa shape index (κ3) is 4.13. The average Bonchev–Trinajstić information content (AvgIpc) is 2.36. The number of piperidine rings is 1. The molecule has 2 heterocycles. The Hall–Kier alpha value is -1.29. The summed E-state index contributed by atoms with van der Waals surface area (Å²) < 4.78 is 6.95. The van der Waals surface area contributed by atoms with E-state index in [1.54, 1.807) is 4.90 Å². The van der Waals surface area contributed by atoms with Crippen LogP contribution < -0.4 is 9.22 Å². The zero-order chi connectivity index (χ0) is 16.5. The van der Waals surface area contributed by atoms with Crippen molar-refractivity contribution in [1.29, 1.82) is 0 Å². The van der Waals surface area contributed by atoms with Gasteiger partial charge in [0, 0.05) is 0 Å². The second-order valence-corrected chi connectivity index (χ2v) is 8.04. The Morgan fingerprint density at radius 2 is 2.14 bits per heavy atom. The van der Waals surface area contributed by atoms with Crippen LogP contribution in [-0.4, -0.2) is 61.6 Å². The van der Waals surface area contributed by atoms with E-state index in [1.807, 2.05) is 13.0 Å². The standard InChI is InChI=1S/C15H24AsN3O3/c1-9-17-12(16)8-13(18-9)22-10-5-6-19(14(20)21)11(7-10)15(2,3)4/h8,10-11H,5-7,16H2,1-4H3,(H,20,21). The number of likely N-dealkylation sites (tertiary alicyclic amines) is 1. The van der Waals surface area contributed by atoms with Crippen LogP contribution >= 0.6 is 0 Å². The summed E-state index contributed by atoms with van der Waals surface area (Å²) in [5.41, 5.74) is -0.124. The molecule has 122 valence electrons. The van der Waals surface area contributed by atoms with E-state index in [9.17, 15) is 9.90 Å². The first-order valence-corrected chi connectivity index (χ1v) is 8.65. The van der Waals surface area contributed by atoms with Gasteiger partial charge in [-0.15, -0.1) is 0 Å². The first-order chi connectivity index (χ1) is 10.2. The van der Waals surface area contributed by atoms with Crippen LogP contribution in [-0.2, 0) is 0 Å². The molecule has 1 aliphatic rings. The molecule has 1 N–H and O–H groups in total. The third-order valence-corrected chi connectivity index (χ3v) is 4.54. The predicted molar refractivity (Wildman–Crippen MR) is 86.6 cm³/mol. The van der Waals surface area contributed by atoms with Gasteiger partial charge in [-0.05, 0) is 0 Å². The van der Waals surface area contributed by atoms with Crippen LogP contribution in [0.15, 0.2) is 6.07 Å². The number of nitrogens with zero attached hydrogens (tertiary/aromatic N) is 3. The van der Waals surface area contributed by atoms with Gasteiger partial charge in [-0.1, -0.05) is 0 Å². The Labute approximate surface area is 139 Å². The first-order valence-electron chi connectivity index (χ1n) is 7.44. The number of carboxylic acid groups (broad SMARTS) is 1. The molecule has 1 aromatic heterocycles. The average molecular weight is 369 g/mol. The van der Waals surface area contributed by atoms with Gasteiger partial charge in [0.1, 0.15) is 0 Å². The molecule has 22 heavy (non-hydrogen) atoms. The molecule has 0 aromatic carbocycles. The topological polar surface area (TPSA) is 75.5 Å². The van der Waals surface area contributed by atoms with Gasteiger partial charge in [0.05, 0.1) is 0 Å². The van der Waals surface area contributed by atoms with Gasteiger partial charge in [-0.3, -0.25) is 0 Å². The van der Waals surface area contributed by atoms with Crippen molar-refractivity contribution >= 4 is 27.4 Å². The molecule has 1 fully saturated rings. The molecular weight excluding hydrogens is 345 g/mol. The van der Waals surface area contributed by atoms with Gasteiger partial charge in [0.15, 0.2) is 0 Å². The van der Waals surface area contributed by atoms with Crippen molar-refractivity contribution in [2.24, 2.45) is 5.41 Å². The van der Waals surface area contributed by atoms with Crippen molar-refractivity contribution in [3.63, 3.8) is 0 Å². The van der Waals surface area contributed by atoms with Crippen LogP contribution in [0.3, 0.4) is 0 Å². The number of aromatic nitrogens is 2. The van der Waals surface area contributed by atoms with Crippen molar-refractivity contribution in [3.05, 3.63) is 11.9 Å². The van der Waals surface area contributed by atoms with Crippen LogP contribution in [0.5, 0.6) is 5.88 Å². The van der Waals surface area contributed by atoms with Crippen molar-refractivity contribution < 1.29 is 14.6 Å². The number of ether oxygens (including phenoxy) is 1. The quantitative estimate of drug-likeness (QED) is 0.787. The summed E-state index contributed by atoms with van der Waals surface area (Å²) in [6.07, 6.45) is 0.505. The molecular formula is C15H24AsN3O3. The molecule has 1 saturated heterocycles. The Bertz CT molecular complexity index is 539. The van der Waals surface area contributed by atoms with Crippen molar-refractivity contribution in [1.82, 2.24) is 14.9 Å². The van der Waals surface area contributed by atoms with Crippen LogP contribution in [0.25, 0.3) is 0 Å². The number of hydrogen-bond donors (Lipinski definition) is 1. The van der Waals surface area contributed by atoms with Crippen LogP contribution in [0.2, 0.25) is 0 Å². The molecule has 0 saturated carbocycles. The molecule has 7 heteroatoms. The summed E-state index contributed by atoms with van der Waals surface area (Å²) in [5, 5.41) is 9.39. The van der Waals surface area contributed by atoms with E-state index in [4.69, 9.17) is 4.74 Å². The van der Waals surface area contributed by atoms with Crippen LogP contribution in [0, 0.1) is 12.3 Å². The van der Waals surface area contributed by atoms with E-state index >= 15 is 0 Å². The summed E-state index contributed by atoms with van der Waals surface area (Å²) >= 11 is 1.43. The number of aryl methyl sites for hydroxylation is 1. The second kappa shape index (κ2) is 6.45. The monoisotopic (exact) mass is 369 g/mol. The maximum atomic E-state index is 11.4. The molecule has 0 bridgehead atoms. The van der Waals surface area contributed by atoms with E-state index in [0.29, 0.717) is 31.1 Å². The van der Waals surface area contributed by atoms with Crippen molar-refractivity contribution in [3.8, 4) is 5.88 Å². The predicted octanol–water partition coefficient (Wildman–Crippen LogP) is 0.979. The van der Waals surface area contributed by atoms with Gasteiger partial charge < -0.3 is 0 Å². The van der Waals surface area contributed by atoms with E-state index in [-0.39, 0.29) is 17.6 Å². The minimum absolute atomic E-state index is 0.0129. The molecule has 6 nitrogen and oxygen atoms in total. The summed E-state index contributed by atoms with van der Waals surface area (Å²) in [4.78, 5) is 21.6. The van der Waals surface area contributed by atoms with E-state index in [1.165, 1.54) is 16.9 Å². The fourth-order valence-electron chi connectivity index (χ4n) is 2.88. The first kappa shape index (κ1) is 17.1. The van der Waals surface area contributed by atoms with Gasteiger partial charge in [-0.2, -0.15) is 0 Å². The Kier molecular flexibility index (Phi) is 5.00. The van der Waals surface area contributed by atoms with Gasteiger partial charge >= 0.3 is 139 Å². The van der Waals surface area contributed by atoms with Crippen LogP contribution in [0.4, 0.5) is 4.79 Å². The fourth-order valence-corrected chi connectivity index (χ4v) is 3.57. The van der Waals surface area contributed by atoms with Crippen molar-refractivity contribution in [2.45, 2.75) is 52.7 Å². The number of hydrogen-bond acceptors (Lipinski definition) is 4. The van der Waals surface area contributed by atoms with Gasteiger partial charge in [0.2, 0.25) is 0 Å². The fraction of sp³-hybridized carbons (Fsp3) is 0.667. The van der Waals surface area contributed by atoms with Crippen LogP contribution in [0.1, 0.15) is 39.4 Å². The number of rotatable bonds is 2.